The normalized spacial score (nSPS) is 8.00. The molecule has 1 heterocycles. The molecule has 0 aromatic carbocycles. The smallest absolute Gasteiger partial charge is 0.113 e. The van der Waals surface area contributed by atoms with Crippen LogP contribution in [0.1, 0.15) is 12.1 Å². The van der Waals surface area contributed by atoms with E-state index in [2.05, 4.69) is 16.8 Å². The lowest BCUT2D eigenvalue weighted by Crippen LogP contribution is -1.79. The van der Waals surface area contributed by atoms with E-state index in [-0.39, 0.29) is 6.42 Å². The number of rotatable bonds is 0. The van der Waals surface area contributed by atoms with Crippen molar-refractivity contribution in [1.82, 2.24) is 4.98 Å². The molecular weight excluding hydrogens is 172 g/mol. The molecule has 1 rings (SSSR count). The van der Waals surface area contributed by atoms with Crippen LogP contribution in [0.2, 0.25) is 5.02 Å². The van der Waals surface area contributed by atoms with Crippen molar-refractivity contribution in [2.45, 2.75) is 6.42 Å². The van der Waals surface area contributed by atoms with Gasteiger partial charge in [0.25, 0.3) is 0 Å². The van der Waals surface area contributed by atoms with Gasteiger partial charge in [-0.1, -0.05) is 17.5 Å². The first kappa shape index (κ1) is 8.59. The maximum absolute atomic E-state index is 8.19. The molecule has 0 saturated carbocycles. The van der Waals surface area contributed by atoms with E-state index in [4.69, 9.17) is 16.9 Å². The van der Waals surface area contributed by atoms with Gasteiger partial charge in [-0.25, -0.2) is 4.98 Å². The van der Waals surface area contributed by atoms with Crippen LogP contribution < -0.4 is 0 Å². The summed E-state index contributed by atoms with van der Waals surface area (Å²) in [4.78, 5) is 3.94. The molecule has 0 bridgehead atoms. The van der Waals surface area contributed by atoms with E-state index >= 15 is 0 Å². The minimum atomic E-state index is 0.226. The Bertz CT molecular complexity index is 351. The fraction of sp³-hybridized carbons (Fsp3) is 0.111. The van der Waals surface area contributed by atoms with Crippen molar-refractivity contribution in [3.8, 4) is 17.9 Å². The molecule has 1 aromatic rings. The van der Waals surface area contributed by atoms with E-state index in [1.54, 1.807) is 12.1 Å². The SMILES string of the molecule is N#CCC#Cc1ccc(Cl)cn1. The second-order valence-corrected chi connectivity index (χ2v) is 2.43. The summed E-state index contributed by atoms with van der Waals surface area (Å²) in [5, 5.41) is 8.78. The molecule has 1 aromatic heterocycles. The Hall–Kier alpha value is -1.51. The molecule has 0 atom stereocenters. The Morgan fingerprint density at radius 1 is 1.50 bits per heavy atom. The van der Waals surface area contributed by atoms with Gasteiger partial charge in [-0.05, 0) is 18.1 Å². The van der Waals surface area contributed by atoms with Crippen LogP contribution in [0, 0.1) is 23.2 Å². The summed E-state index contributed by atoms with van der Waals surface area (Å²) in [5.41, 5.74) is 0.634. The molecule has 0 aliphatic heterocycles. The van der Waals surface area contributed by atoms with Gasteiger partial charge in [0.1, 0.15) is 5.69 Å². The van der Waals surface area contributed by atoms with Crippen LogP contribution in [0.4, 0.5) is 0 Å². The molecule has 58 valence electrons. The molecule has 2 nitrogen and oxygen atoms in total. The van der Waals surface area contributed by atoms with Gasteiger partial charge in [0.2, 0.25) is 0 Å². The summed E-state index contributed by atoms with van der Waals surface area (Å²) < 4.78 is 0. The summed E-state index contributed by atoms with van der Waals surface area (Å²) in [6, 6.07) is 5.35. The molecule has 0 unspecified atom stereocenters. The van der Waals surface area contributed by atoms with Crippen LogP contribution in [0.3, 0.4) is 0 Å². The first-order valence-corrected chi connectivity index (χ1v) is 3.68. The zero-order valence-electron chi connectivity index (χ0n) is 6.21. The van der Waals surface area contributed by atoms with E-state index in [0.717, 1.165) is 0 Å². The van der Waals surface area contributed by atoms with Crippen molar-refractivity contribution >= 4 is 11.6 Å². The Balaban J connectivity index is 2.74. The Morgan fingerprint density at radius 3 is 2.92 bits per heavy atom. The number of halogens is 1. The lowest BCUT2D eigenvalue weighted by molar-refractivity contribution is 1.28. The van der Waals surface area contributed by atoms with Crippen LogP contribution in [0.25, 0.3) is 0 Å². The Kier molecular flexibility index (Phi) is 3.14. The summed E-state index contributed by atoms with van der Waals surface area (Å²) >= 11 is 5.61. The summed E-state index contributed by atoms with van der Waals surface area (Å²) in [6.45, 7) is 0. The minimum Gasteiger partial charge on any atom is -0.246 e. The molecule has 0 radical (unpaired) electrons. The number of nitrogens with zero attached hydrogens (tertiary/aromatic N) is 2. The van der Waals surface area contributed by atoms with Gasteiger partial charge in [0.15, 0.2) is 0 Å². The van der Waals surface area contributed by atoms with Gasteiger partial charge in [-0.2, -0.15) is 5.26 Å². The largest absolute Gasteiger partial charge is 0.246 e. The fourth-order valence-corrected chi connectivity index (χ4v) is 0.736. The van der Waals surface area contributed by atoms with Gasteiger partial charge >= 0.3 is 0 Å². The highest BCUT2D eigenvalue weighted by molar-refractivity contribution is 6.30. The molecule has 0 N–H and O–H groups in total. The van der Waals surface area contributed by atoms with Crippen LogP contribution in [0.15, 0.2) is 18.3 Å². The highest BCUT2D eigenvalue weighted by Gasteiger charge is 1.87. The van der Waals surface area contributed by atoms with Crippen molar-refractivity contribution in [2.75, 3.05) is 0 Å². The number of nitriles is 1. The van der Waals surface area contributed by atoms with Crippen molar-refractivity contribution in [3.63, 3.8) is 0 Å². The third-order valence-corrected chi connectivity index (χ3v) is 1.33. The second-order valence-electron chi connectivity index (χ2n) is 2.00. The molecule has 0 spiro atoms. The molecule has 0 saturated heterocycles. The monoisotopic (exact) mass is 176 g/mol. The topological polar surface area (TPSA) is 36.7 Å². The van der Waals surface area contributed by atoms with Crippen molar-refractivity contribution in [2.24, 2.45) is 0 Å². The van der Waals surface area contributed by atoms with Gasteiger partial charge < -0.3 is 0 Å². The van der Waals surface area contributed by atoms with E-state index in [9.17, 15) is 0 Å². The highest BCUT2D eigenvalue weighted by Crippen LogP contribution is 2.04. The third-order valence-electron chi connectivity index (χ3n) is 1.11. The predicted octanol–water partition coefficient (Wildman–Crippen LogP) is 2.00. The summed E-state index contributed by atoms with van der Waals surface area (Å²) in [5.74, 6) is 5.38. The zero-order valence-corrected chi connectivity index (χ0v) is 6.97. The standard InChI is InChI=1S/C9H5ClN2/c10-8-4-5-9(12-7-8)3-1-2-6-11/h4-5,7H,2H2. The number of hydrogen-bond acceptors (Lipinski definition) is 2. The Morgan fingerprint density at radius 2 is 2.33 bits per heavy atom. The average molecular weight is 177 g/mol. The number of aromatic nitrogens is 1. The fourth-order valence-electron chi connectivity index (χ4n) is 0.624. The quantitative estimate of drug-likeness (QED) is 0.567. The molecule has 0 aliphatic rings. The van der Waals surface area contributed by atoms with Crippen LogP contribution in [-0.4, -0.2) is 4.98 Å². The van der Waals surface area contributed by atoms with Gasteiger partial charge in [0, 0.05) is 6.20 Å². The lowest BCUT2D eigenvalue weighted by atomic mass is 10.3. The molecule has 0 amide bonds. The molecule has 0 fully saturated rings. The van der Waals surface area contributed by atoms with Crippen molar-refractivity contribution in [1.29, 1.82) is 5.26 Å². The number of hydrogen-bond donors (Lipinski definition) is 0. The third kappa shape index (κ3) is 2.62. The highest BCUT2D eigenvalue weighted by atomic mass is 35.5. The van der Waals surface area contributed by atoms with E-state index in [0.29, 0.717) is 10.7 Å². The van der Waals surface area contributed by atoms with E-state index < -0.39 is 0 Å². The van der Waals surface area contributed by atoms with Gasteiger partial charge in [-0.15, -0.1) is 0 Å². The predicted molar refractivity (Wildman–Crippen MR) is 46.4 cm³/mol. The first-order chi connectivity index (χ1) is 5.83. The zero-order chi connectivity index (χ0) is 8.81. The average Bonchev–Trinajstić information content (AvgIpc) is 2.09. The van der Waals surface area contributed by atoms with Gasteiger partial charge in [0.05, 0.1) is 17.5 Å². The minimum absolute atomic E-state index is 0.226. The van der Waals surface area contributed by atoms with Crippen molar-refractivity contribution in [3.05, 3.63) is 29.0 Å². The van der Waals surface area contributed by atoms with Crippen LogP contribution >= 0.6 is 11.6 Å². The first-order valence-electron chi connectivity index (χ1n) is 3.30. The maximum Gasteiger partial charge on any atom is 0.113 e. The lowest BCUT2D eigenvalue weighted by Gasteiger charge is -1.87. The Labute approximate surface area is 75.8 Å². The molecule has 12 heavy (non-hydrogen) atoms. The van der Waals surface area contributed by atoms with Crippen molar-refractivity contribution < 1.29 is 0 Å². The second kappa shape index (κ2) is 4.38. The molecular formula is C9H5ClN2. The van der Waals surface area contributed by atoms with E-state index in [1.807, 2.05) is 6.07 Å². The van der Waals surface area contributed by atoms with Crippen LogP contribution in [0.5, 0.6) is 0 Å². The summed E-state index contributed by atoms with van der Waals surface area (Å²) in [7, 11) is 0. The van der Waals surface area contributed by atoms with E-state index in [1.165, 1.54) is 6.20 Å². The maximum atomic E-state index is 8.19. The van der Waals surface area contributed by atoms with Gasteiger partial charge in [-0.3, -0.25) is 0 Å². The molecule has 0 aliphatic carbocycles. The summed E-state index contributed by atoms with van der Waals surface area (Å²) in [6.07, 6.45) is 1.75. The van der Waals surface area contributed by atoms with Crippen LogP contribution in [-0.2, 0) is 0 Å². The molecule has 3 heteroatoms. The number of pyridine rings is 1.